The smallest absolute Gasteiger partial charge is 0.394 e. The summed E-state index contributed by atoms with van der Waals surface area (Å²) in [6.07, 6.45) is -6.45. The summed E-state index contributed by atoms with van der Waals surface area (Å²) in [6.45, 7) is -0.827. The van der Waals surface area contributed by atoms with Crippen LogP contribution in [0.3, 0.4) is 0 Å². The van der Waals surface area contributed by atoms with Crippen LogP contribution < -0.4 is 0 Å². The van der Waals surface area contributed by atoms with Gasteiger partial charge in [0, 0.05) is 0 Å². The summed E-state index contributed by atoms with van der Waals surface area (Å²) in [5.74, 6) is 0.236. The third-order valence-corrected chi connectivity index (χ3v) is 5.79. The molecule has 1 fully saturated rings. The third kappa shape index (κ3) is 5.42. The lowest BCUT2D eigenvalue weighted by molar-refractivity contribution is -0.0456. The van der Waals surface area contributed by atoms with Crippen LogP contribution in [0.15, 0.2) is 0 Å². The first-order valence-corrected chi connectivity index (χ1v) is 8.86. The summed E-state index contributed by atoms with van der Waals surface area (Å²) in [7, 11) is -5.49. The summed E-state index contributed by atoms with van der Waals surface area (Å²) < 4.78 is 33.7. The lowest BCUT2D eigenvalue weighted by Gasteiger charge is -2.29. The maximum Gasteiger partial charge on any atom is 0.397 e. The first kappa shape index (κ1) is 18.1. The molecule has 0 aromatic heterocycles. The first-order valence-electron chi connectivity index (χ1n) is 5.77. The Hall–Kier alpha value is 0.0200. The molecule has 0 amide bonds. The Bertz CT molecular complexity index is 388. The first-order chi connectivity index (χ1) is 9.14. The van der Waals surface area contributed by atoms with Crippen LogP contribution in [-0.4, -0.2) is 92.9 Å². The second-order valence-corrected chi connectivity index (χ2v) is 7.82. The molecule has 1 saturated heterocycles. The number of aliphatic hydroxyl groups excluding tert-OH is 5. The van der Waals surface area contributed by atoms with Gasteiger partial charge in [0.1, 0.15) is 47.8 Å². The van der Waals surface area contributed by atoms with Crippen molar-refractivity contribution in [3.8, 4) is 0 Å². The molecule has 0 aliphatic carbocycles. The lowest BCUT2D eigenvalue weighted by Crippen LogP contribution is -2.53. The molecule has 0 radical (unpaired) electrons. The van der Waals surface area contributed by atoms with Crippen LogP contribution in [0.2, 0.25) is 0 Å². The Labute approximate surface area is 119 Å². The molecule has 6 atom stereocenters. The molecule has 6 N–H and O–H groups in total. The molecule has 0 saturated carbocycles. The minimum Gasteiger partial charge on any atom is -0.394 e. The molecule has 1 heterocycles. The fourth-order valence-corrected chi connectivity index (χ4v) is 4.83. The lowest BCUT2D eigenvalue weighted by atomic mass is 10.1. The Kier molecular flexibility index (Phi) is 6.63. The molecule has 9 nitrogen and oxygen atoms in total. The van der Waals surface area contributed by atoms with Gasteiger partial charge < -0.3 is 25.5 Å². The Balaban J connectivity index is 2.58. The maximum absolute atomic E-state index is 10.5. The van der Waals surface area contributed by atoms with E-state index in [0.29, 0.717) is 0 Å². The number of hydrogen-bond donors (Lipinski definition) is 6. The topological polar surface area (TPSA) is 165 Å². The number of aliphatic hydroxyl groups is 5. The van der Waals surface area contributed by atoms with E-state index in [2.05, 4.69) is 4.18 Å². The summed E-state index contributed by atoms with van der Waals surface area (Å²) in [4.78, 5) is 0. The van der Waals surface area contributed by atoms with Gasteiger partial charge in [0.15, 0.2) is 0 Å². The minimum atomic E-state index is -4.81. The maximum atomic E-state index is 10.5. The van der Waals surface area contributed by atoms with Gasteiger partial charge in [0.2, 0.25) is 0 Å². The Morgan fingerprint density at radius 3 is 2.10 bits per heavy atom. The zero-order valence-electron chi connectivity index (χ0n) is 10.4. The molecular formula is C9H19O9S2+. The van der Waals surface area contributed by atoms with Gasteiger partial charge in [-0.15, -0.1) is 0 Å². The van der Waals surface area contributed by atoms with Crippen molar-refractivity contribution in [2.45, 2.75) is 30.5 Å². The van der Waals surface area contributed by atoms with E-state index in [4.69, 9.17) is 9.66 Å². The van der Waals surface area contributed by atoms with Gasteiger partial charge in [-0.25, -0.2) is 4.18 Å². The molecule has 120 valence electrons. The van der Waals surface area contributed by atoms with Crippen molar-refractivity contribution in [1.29, 1.82) is 0 Å². The van der Waals surface area contributed by atoms with E-state index in [0.717, 1.165) is 0 Å². The average molecular weight is 335 g/mol. The van der Waals surface area contributed by atoms with Crippen LogP contribution in [0.5, 0.6) is 0 Å². The standard InChI is InChI=1S/C9H18O9S2/c10-1-8(18-20(15,16)17)5(11)2-19-3-6(12)9(14)7(13)4-19/h5-14H,1-4H2/p+1/t5-,6-,7+,8-,9?,19?/m0/s1. The van der Waals surface area contributed by atoms with E-state index in [1.807, 2.05) is 0 Å². The van der Waals surface area contributed by atoms with Crippen LogP contribution in [0.1, 0.15) is 0 Å². The van der Waals surface area contributed by atoms with Crippen molar-refractivity contribution in [3.05, 3.63) is 0 Å². The van der Waals surface area contributed by atoms with E-state index in [-0.39, 0.29) is 17.3 Å². The fourth-order valence-electron chi connectivity index (χ4n) is 1.86. The fraction of sp³-hybridized carbons (Fsp3) is 1.00. The van der Waals surface area contributed by atoms with Crippen molar-refractivity contribution in [2.24, 2.45) is 0 Å². The van der Waals surface area contributed by atoms with Crippen LogP contribution >= 0.6 is 0 Å². The molecule has 1 aliphatic rings. The van der Waals surface area contributed by atoms with E-state index in [1.54, 1.807) is 0 Å². The predicted octanol–water partition coefficient (Wildman–Crippen LogP) is -3.76. The van der Waals surface area contributed by atoms with E-state index in [1.165, 1.54) is 0 Å². The quantitative estimate of drug-likeness (QED) is 0.211. The van der Waals surface area contributed by atoms with Crippen molar-refractivity contribution in [1.82, 2.24) is 0 Å². The second-order valence-electron chi connectivity index (χ2n) is 4.55. The monoisotopic (exact) mass is 335 g/mol. The predicted molar refractivity (Wildman–Crippen MR) is 69.5 cm³/mol. The highest BCUT2D eigenvalue weighted by molar-refractivity contribution is 7.97. The van der Waals surface area contributed by atoms with Gasteiger partial charge in [-0.1, -0.05) is 0 Å². The second kappa shape index (κ2) is 7.33. The molecule has 1 aliphatic heterocycles. The Morgan fingerprint density at radius 2 is 1.70 bits per heavy atom. The van der Waals surface area contributed by atoms with Crippen LogP contribution in [-0.2, 0) is 25.5 Å². The highest BCUT2D eigenvalue weighted by Crippen LogP contribution is 2.18. The van der Waals surface area contributed by atoms with E-state index < -0.39 is 58.4 Å². The average Bonchev–Trinajstić information content (AvgIpc) is 2.31. The van der Waals surface area contributed by atoms with Gasteiger partial charge in [-0.2, -0.15) is 8.42 Å². The molecule has 0 spiro atoms. The summed E-state index contributed by atoms with van der Waals surface area (Å²) in [6, 6.07) is 0. The van der Waals surface area contributed by atoms with Gasteiger partial charge >= 0.3 is 10.4 Å². The molecule has 0 aromatic rings. The summed E-state index contributed by atoms with van der Waals surface area (Å²) in [5.41, 5.74) is 0. The van der Waals surface area contributed by atoms with Crippen LogP contribution in [0, 0.1) is 0 Å². The van der Waals surface area contributed by atoms with Crippen molar-refractivity contribution >= 4 is 21.3 Å². The largest absolute Gasteiger partial charge is 0.397 e. The minimum absolute atomic E-state index is 0.0401. The molecule has 0 bridgehead atoms. The van der Waals surface area contributed by atoms with Crippen molar-refractivity contribution in [2.75, 3.05) is 23.9 Å². The SMILES string of the molecule is O=S(=O)(O)O[C@@H](CO)[C@@H](O)C[S+]1C[C@@H](O)C(O)[C@@H](O)C1. The molecule has 0 aromatic carbocycles. The van der Waals surface area contributed by atoms with E-state index >= 15 is 0 Å². The van der Waals surface area contributed by atoms with Crippen molar-refractivity contribution < 1.29 is 42.7 Å². The molecule has 1 rings (SSSR count). The van der Waals surface area contributed by atoms with Crippen LogP contribution in [0.25, 0.3) is 0 Å². The zero-order chi connectivity index (χ0) is 15.5. The van der Waals surface area contributed by atoms with Gasteiger partial charge in [-0.3, -0.25) is 4.55 Å². The highest BCUT2D eigenvalue weighted by atomic mass is 32.3. The zero-order valence-corrected chi connectivity index (χ0v) is 12.1. The highest BCUT2D eigenvalue weighted by Gasteiger charge is 2.43. The summed E-state index contributed by atoms with van der Waals surface area (Å²) >= 11 is 0. The summed E-state index contributed by atoms with van der Waals surface area (Å²) in [5, 5.41) is 47.1. The van der Waals surface area contributed by atoms with Crippen LogP contribution in [0.4, 0.5) is 0 Å². The number of rotatable bonds is 6. The molecular weight excluding hydrogens is 316 g/mol. The molecule has 2 unspecified atom stereocenters. The number of hydrogen-bond acceptors (Lipinski definition) is 8. The Morgan fingerprint density at radius 1 is 1.20 bits per heavy atom. The van der Waals surface area contributed by atoms with Crippen molar-refractivity contribution in [3.63, 3.8) is 0 Å². The third-order valence-electron chi connectivity index (χ3n) is 2.86. The molecule has 20 heavy (non-hydrogen) atoms. The van der Waals surface area contributed by atoms with E-state index in [9.17, 15) is 28.8 Å². The molecule has 11 heteroatoms. The van der Waals surface area contributed by atoms with Gasteiger partial charge in [0.25, 0.3) is 0 Å². The van der Waals surface area contributed by atoms with Gasteiger partial charge in [-0.05, 0) is 10.9 Å². The van der Waals surface area contributed by atoms with Gasteiger partial charge in [0.05, 0.1) is 6.61 Å². The normalized spacial score (nSPS) is 34.7.